The van der Waals surface area contributed by atoms with Crippen LogP contribution in [-0.4, -0.2) is 16.1 Å². The van der Waals surface area contributed by atoms with E-state index in [-0.39, 0.29) is 0 Å². The van der Waals surface area contributed by atoms with Gasteiger partial charge in [-0.1, -0.05) is 20.3 Å². The molecular weight excluding hydrogens is 260 g/mol. The summed E-state index contributed by atoms with van der Waals surface area (Å²) in [6.45, 7) is 6.09. The lowest BCUT2D eigenvalue weighted by atomic mass is 10.1. The monoisotopic (exact) mass is 282 g/mol. The van der Waals surface area contributed by atoms with E-state index in [1.807, 2.05) is 12.1 Å². The molecule has 0 amide bonds. The molecule has 4 heteroatoms. The van der Waals surface area contributed by atoms with Gasteiger partial charge in [0.05, 0.1) is 0 Å². The van der Waals surface area contributed by atoms with Gasteiger partial charge < -0.3 is 9.88 Å². The SMILES string of the molecule is CCCC(NCC)c1ccn(Cc2ccnc(C#N)c2)c1. The van der Waals surface area contributed by atoms with Crippen LogP contribution in [0.5, 0.6) is 0 Å². The molecular formula is C17H22N4. The van der Waals surface area contributed by atoms with Crippen LogP contribution >= 0.6 is 0 Å². The molecule has 4 nitrogen and oxygen atoms in total. The summed E-state index contributed by atoms with van der Waals surface area (Å²) in [7, 11) is 0. The molecule has 2 aromatic rings. The van der Waals surface area contributed by atoms with E-state index < -0.39 is 0 Å². The summed E-state index contributed by atoms with van der Waals surface area (Å²) >= 11 is 0. The zero-order chi connectivity index (χ0) is 15.1. The van der Waals surface area contributed by atoms with E-state index in [0.29, 0.717) is 11.7 Å². The van der Waals surface area contributed by atoms with Crippen LogP contribution in [0.1, 0.15) is 49.6 Å². The maximum absolute atomic E-state index is 8.90. The molecule has 2 aromatic heterocycles. The van der Waals surface area contributed by atoms with Gasteiger partial charge in [0.1, 0.15) is 11.8 Å². The topological polar surface area (TPSA) is 53.6 Å². The third kappa shape index (κ3) is 4.17. The second-order valence-electron chi connectivity index (χ2n) is 5.18. The van der Waals surface area contributed by atoms with Gasteiger partial charge in [0.25, 0.3) is 0 Å². The van der Waals surface area contributed by atoms with Gasteiger partial charge >= 0.3 is 0 Å². The predicted octanol–water partition coefficient (Wildman–Crippen LogP) is 3.25. The van der Waals surface area contributed by atoms with Gasteiger partial charge in [-0.3, -0.25) is 0 Å². The van der Waals surface area contributed by atoms with Gasteiger partial charge in [-0.15, -0.1) is 0 Å². The van der Waals surface area contributed by atoms with E-state index >= 15 is 0 Å². The Morgan fingerprint density at radius 1 is 1.38 bits per heavy atom. The summed E-state index contributed by atoms with van der Waals surface area (Å²) < 4.78 is 2.16. The van der Waals surface area contributed by atoms with Crippen molar-refractivity contribution in [2.75, 3.05) is 6.54 Å². The smallest absolute Gasteiger partial charge is 0.140 e. The fourth-order valence-electron chi connectivity index (χ4n) is 2.53. The van der Waals surface area contributed by atoms with Crippen LogP contribution < -0.4 is 5.32 Å². The third-order valence-electron chi connectivity index (χ3n) is 3.51. The van der Waals surface area contributed by atoms with Gasteiger partial charge in [0.15, 0.2) is 0 Å². The third-order valence-corrected chi connectivity index (χ3v) is 3.51. The van der Waals surface area contributed by atoms with E-state index in [4.69, 9.17) is 5.26 Å². The highest BCUT2D eigenvalue weighted by Crippen LogP contribution is 2.19. The van der Waals surface area contributed by atoms with Crippen LogP contribution in [0.15, 0.2) is 36.8 Å². The second kappa shape index (κ2) is 7.61. The molecule has 0 spiro atoms. The summed E-state index contributed by atoms with van der Waals surface area (Å²) in [5.74, 6) is 0. The maximum Gasteiger partial charge on any atom is 0.140 e. The summed E-state index contributed by atoms with van der Waals surface area (Å²) in [5.41, 5.74) is 2.89. The van der Waals surface area contributed by atoms with E-state index in [0.717, 1.165) is 25.1 Å². The van der Waals surface area contributed by atoms with Gasteiger partial charge in [-0.2, -0.15) is 5.26 Å². The highest BCUT2D eigenvalue weighted by molar-refractivity contribution is 5.26. The van der Waals surface area contributed by atoms with Crippen molar-refractivity contribution in [3.8, 4) is 6.07 Å². The highest BCUT2D eigenvalue weighted by atomic mass is 15.0. The molecule has 0 aliphatic rings. The minimum Gasteiger partial charge on any atom is -0.350 e. The largest absolute Gasteiger partial charge is 0.350 e. The van der Waals surface area contributed by atoms with Gasteiger partial charge in [0, 0.05) is 31.2 Å². The minimum atomic E-state index is 0.424. The summed E-state index contributed by atoms with van der Waals surface area (Å²) in [4.78, 5) is 4.00. The van der Waals surface area contributed by atoms with E-state index in [1.165, 1.54) is 12.0 Å². The molecule has 0 fully saturated rings. The van der Waals surface area contributed by atoms with Gasteiger partial charge in [0.2, 0.25) is 0 Å². The highest BCUT2D eigenvalue weighted by Gasteiger charge is 2.10. The van der Waals surface area contributed by atoms with Crippen molar-refractivity contribution in [3.63, 3.8) is 0 Å². The molecule has 21 heavy (non-hydrogen) atoms. The lowest BCUT2D eigenvalue weighted by Gasteiger charge is -2.15. The van der Waals surface area contributed by atoms with Crippen molar-refractivity contribution in [1.29, 1.82) is 5.26 Å². The Balaban J connectivity index is 2.10. The lowest BCUT2D eigenvalue weighted by Crippen LogP contribution is -2.20. The number of nitrogens with one attached hydrogen (secondary N) is 1. The molecule has 0 radical (unpaired) electrons. The molecule has 1 N–H and O–H groups in total. The Morgan fingerprint density at radius 3 is 2.95 bits per heavy atom. The number of aromatic nitrogens is 2. The first-order valence-corrected chi connectivity index (χ1v) is 7.50. The Bertz CT molecular complexity index is 603. The molecule has 1 atom stereocenters. The fourth-order valence-corrected chi connectivity index (χ4v) is 2.53. The van der Waals surface area contributed by atoms with Gasteiger partial charge in [-0.05, 0) is 42.3 Å². The number of hydrogen-bond donors (Lipinski definition) is 1. The molecule has 0 saturated carbocycles. The minimum absolute atomic E-state index is 0.424. The fraction of sp³-hybridized carbons (Fsp3) is 0.412. The van der Waals surface area contributed by atoms with Crippen molar-refractivity contribution in [2.45, 2.75) is 39.3 Å². The number of nitrogens with zero attached hydrogens (tertiary/aromatic N) is 3. The predicted molar refractivity (Wildman–Crippen MR) is 83.8 cm³/mol. The van der Waals surface area contributed by atoms with Crippen LogP contribution in [0.4, 0.5) is 0 Å². The molecule has 0 saturated heterocycles. The zero-order valence-corrected chi connectivity index (χ0v) is 12.7. The van der Waals surface area contributed by atoms with E-state index in [2.05, 4.69) is 53.2 Å². The second-order valence-corrected chi connectivity index (χ2v) is 5.18. The Kier molecular flexibility index (Phi) is 5.53. The number of nitriles is 1. The van der Waals surface area contributed by atoms with Crippen LogP contribution in [0.25, 0.3) is 0 Å². The summed E-state index contributed by atoms with van der Waals surface area (Å²) in [6.07, 6.45) is 8.29. The molecule has 0 aliphatic heterocycles. The molecule has 0 aliphatic carbocycles. The summed E-state index contributed by atoms with van der Waals surface area (Å²) in [6, 6.07) is 8.47. The zero-order valence-electron chi connectivity index (χ0n) is 12.7. The molecule has 1 unspecified atom stereocenters. The first-order valence-electron chi connectivity index (χ1n) is 7.50. The first-order chi connectivity index (χ1) is 10.3. The van der Waals surface area contributed by atoms with Gasteiger partial charge in [-0.25, -0.2) is 4.98 Å². The standard InChI is InChI=1S/C17H22N4/c1-3-5-17(19-4-2)15-7-9-21(13-15)12-14-6-8-20-16(10-14)11-18/h6-10,13,17,19H,3-5,12H2,1-2H3. The first kappa shape index (κ1) is 15.3. The van der Waals surface area contributed by atoms with E-state index in [1.54, 1.807) is 6.20 Å². The normalized spacial score (nSPS) is 12.0. The molecule has 2 heterocycles. The molecule has 0 bridgehead atoms. The van der Waals surface area contributed by atoms with Crippen LogP contribution in [0.3, 0.4) is 0 Å². The van der Waals surface area contributed by atoms with Crippen LogP contribution in [0.2, 0.25) is 0 Å². The molecule has 0 aromatic carbocycles. The quantitative estimate of drug-likeness (QED) is 0.848. The maximum atomic E-state index is 8.90. The van der Waals surface area contributed by atoms with Crippen molar-refractivity contribution < 1.29 is 0 Å². The average Bonchev–Trinajstić information content (AvgIpc) is 2.95. The van der Waals surface area contributed by atoms with Crippen molar-refractivity contribution in [2.24, 2.45) is 0 Å². The van der Waals surface area contributed by atoms with Crippen molar-refractivity contribution in [1.82, 2.24) is 14.9 Å². The Morgan fingerprint density at radius 2 is 2.24 bits per heavy atom. The van der Waals surface area contributed by atoms with Crippen molar-refractivity contribution in [3.05, 3.63) is 53.6 Å². The van der Waals surface area contributed by atoms with Crippen LogP contribution in [0, 0.1) is 11.3 Å². The number of hydrogen-bond acceptors (Lipinski definition) is 3. The summed E-state index contributed by atoms with van der Waals surface area (Å²) in [5, 5.41) is 12.4. The molecule has 2 rings (SSSR count). The van der Waals surface area contributed by atoms with Crippen molar-refractivity contribution >= 4 is 0 Å². The average molecular weight is 282 g/mol. The van der Waals surface area contributed by atoms with E-state index in [9.17, 15) is 0 Å². The molecule has 110 valence electrons. The number of rotatable bonds is 7. The Labute approximate surface area is 126 Å². The lowest BCUT2D eigenvalue weighted by molar-refractivity contribution is 0.508. The van der Waals surface area contributed by atoms with Crippen LogP contribution in [-0.2, 0) is 6.54 Å². The Hall–Kier alpha value is -2.12. The number of pyridine rings is 1.